The summed E-state index contributed by atoms with van der Waals surface area (Å²) in [6, 6.07) is 0.0841. The molecule has 0 aromatic heterocycles. The van der Waals surface area contributed by atoms with E-state index in [0.717, 1.165) is 58.3 Å². The summed E-state index contributed by atoms with van der Waals surface area (Å²) < 4.78 is 5.43. The third-order valence-electron chi connectivity index (χ3n) is 5.15. The second kappa shape index (κ2) is 7.56. The van der Waals surface area contributed by atoms with Gasteiger partial charge in [0.2, 0.25) is 5.91 Å². The number of carbonyl (C=O) groups is 1. The standard InChI is InChI=1S/C16H29N3O2/c20-16(15-3-1-2-6-17-15)19-9-7-18(8-10-19)13-14-4-11-21-12-5-14/h14-15,17H,1-13H2/t15-/m1/s1. The minimum atomic E-state index is 0.0841. The molecule has 3 rings (SSSR count). The summed E-state index contributed by atoms with van der Waals surface area (Å²) in [7, 11) is 0. The van der Waals surface area contributed by atoms with Gasteiger partial charge in [0.1, 0.15) is 0 Å². The van der Waals surface area contributed by atoms with Crippen molar-refractivity contribution in [3.05, 3.63) is 0 Å². The first kappa shape index (κ1) is 15.3. The number of amides is 1. The number of nitrogens with one attached hydrogen (secondary N) is 1. The molecular formula is C16H29N3O2. The van der Waals surface area contributed by atoms with Gasteiger partial charge in [-0.05, 0) is 38.1 Å². The summed E-state index contributed by atoms with van der Waals surface area (Å²) in [5.74, 6) is 1.13. The molecule has 3 fully saturated rings. The molecule has 0 saturated carbocycles. The molecule has 3 aliphatic rings. The first-order chi connectivity index (χ1) is 10.3. The monoisotopic (exact) mass is 295 g/mol. The van der Waals surface area contributed by atoms with Crippen LogP contribution in [0.1, 0.15) is 32.1 Å². The van der Waals surface area contributed by atoms with Crippen LogP contribution in [0.15, 0.2) is 0 Å². The zero-order valence-electron chi connectivity index (χ0n) is 13.1. The molecule has 1 amide bonds. The molecule has 5 nitrogen and oxygen atoms in total. The normalized spacial score (nSPS) is 29.5. The van der Waals surface area contributed by atoms with E-state index in [1.165, 1.54) is 32.2 Å². The Morgan fingerprint density at radius 2 is 1.81 bits per heavy atom. The number of rotatable bonds is 3. The maximum Gasteiger partial charge on any atom is 0.239 e. The third kappa shape index (κ3) is 4.18. The van der Waals surface area contributed by atoms with E-state index in [2.05, 4.69) is 15.1 Å². The van der Waals surface area contributed by atoms with Crippen molar-refractivity contribution in [2.45, 2.75) is 38.1 Å². The predicted octanol–water partition coefficient (Wildman–Crippen LogP) is 0.699. The second-order valence-corrected chi connectivity index (χ2v) is 6.68. The molecule has 0 aromatic rings. The van der Waals surface area contributed by atoms with E-state index >= 15 is 0 Å². The van der Waals surface area contributed by atoms with Gasteiger partial charge in [-0.3, -0.25) is 9.69 Å². The van der Waals surface area contributed by atoms with E-state index in [4.69, 9.17) is 4.74 Å². The number of ether oxygens (including phenoxy) is 1. The van der Waals surface area contributed by atoms with Crippen LogP contribution in [0.5, 0.6) is 0 Å². The Balaban J connectivity index is 1.40. The lowest BCUT2D eigenvalue weighted by molar-refractivity contribution is -0.135. The minimum absolute atomic E-state index is 0.0841. The molecule has 3 heterocycles. The quantitative estimate of drug-likeness (QED) is 0.832. The molecule has 21 heavy (non-hydrogen) atoms. The van der Waals surface area contributed by atoms with Crippen LogP contribution in [0.2, 0.25) is 0 Å². The van der Waals surface area contributed by atoms with Crippen LogP contribution < -0.4 is 5.32 Å². The highest BCUT2D eigenvalue weighted by molar-refractivity contribution is 5.82. The summed E-state index contributed by atoms with van der Waals surface area (Å²) in [5, 5.41) is 3.37. The van der Waals surface area contributed by atoms with Crippen molar-refractivity contribution >= 4 is 5.91 Å². The van der Waals surface area contributed by atoms with E-state index in [9.17, 15) is 4.79 Å². The molecule has 3 saturated heterocycles. The molecular weight excluding hydrogens is 266 g/mol. The van der Waals surface area contributed by atoms with Crippen molar-refractivity contribution in [2.24, 2.45) is 5.92 Å². The zero-order valence-corrected chi connectivity index (χ0v) is 13.1. The number of hydrogen-bond donors (Lipinski definition) is 1. The molecule has 0 bridgehead atoms. The van der Waals surface area contributed by atoms with Crippen molar-refractivity contribution in [1.29, 1.82) is 0 Å². The second-order valence-electron chi connectivity index (χ2n) is 6.68. The average Bonchev–Trinajstić information content (AvgIpc) is 2.57. The summed E-state index contributed by atoms with van der Waals surface area (Å²) in [4.78, 5) is 17.1. The Bertz CT molecular complexity index is 330. The Labute approximate surface area is 128 Å². The van der Waals surface area contributed by atoms with Gasteiger partial charge in [-0.2, -0.15) is 0 Å². The van der Waals surface area contributed by atoms with Crippen molar-refractivity contribution in [3.63, 3.8) is 0 Å². The molecule has 0 radical (unpaired) electrons. The maximum atomic E-state index is 12.5. The highest BCUT2D eigenvalue weighted by atomic mass is 16.5. The van der Waals surface area contributed by atoms with Gasteiger partial charge in [-0.15, -0.1) is 0 Å². The van der Waals surface area contributed by atoms with E-state index in [1.54, 1.807) is 0 Å². The van der Waals surface area contributed by atoms with Gasteiger partial charge in [0.05, 0.1) is 6.04 Å². The third-order valence-corrected chi connectivity index (χ3v) is 5.15. The van der Waals surface area contributed by atoms with Gasteiger partial charge in [0, 0.05) is 45.9 Å². The van der Waals surface area contributed by atoms with Gasteiger partial charge < -0.3 is 15.0 Å². The predicted molar refractivity (Wildman–Crippen MR) is 82.2 cm³/mol. The number of nitrogens with zero attached hydrogens (tertiary/aromatic N) is 2. The summed E-state index contributed by atoms with van der Waals surface area (Å²) in [5.41, 5.74) is 0. The molecule has 0 aliphatic carbocycles. The van der Waals surface area contributed by atoms with Crippen LogP contribution in [-0.2, 0) is 9.53 Å². The van der Waals surface area contributed by atoms with Gasteiger partial charge in [-0.1, -0.05) is 6.42 Å². The lowest BCUT2D eigenvalue weighted by Gasteiger charge is -2.39. The Hall–Kier alpha value is -0.650. The van der Waals surface area contributed by atoms with Crippen LogP contribution in [0, 0.1) is 5.92 Å². The molecule has 0 aromatic carbocycles. The summed E-state index contributed by atoms with van der Waals surface area (Å²) in [6.45, 7) is 7.92. The van der Waals surface area contributed by atoms with Gasteiger partial charge >= 0.3 is 0 Å². The van der Waals surface area contributed by atoms with Crippen molar-refractivity contribution < 1.29 is 9.53 Å². The number of piperazine rings is 1. The largest absolute Gasteiger partial charge is 0.381 e. The minimum Gasteiger partial charge on any atom is -0.381 e. The number of piperidine rings is 1. The van der Waals surface area contributed by atoms with E-state index in [1.807, 2.05) is 0 Å². The molecule has 0 spiro atoms. The Morgan fingerprint density at radius 1 is 1.05 bits per heavy atom. The van der Waals surface area contributed by atoms with Gasteiger partial charge in [-0.25, -0.2) is 0 Å². The first-order valence-electron chi connectivity index (χ1n) is 8.65. The van der Waals surface area contributed by atoms with Crippen molar-refractivity contribution in [3.8, 4) is 0 Å². The lowest BCUT2D eigenvalue weighted by atomic mass is 9.99. The molecule has 1 N–H and O–H groups in total. The fourth-order valence-corrected chi connectivity index (χ4v) is 3.73. The van der Waals surface area contributed by atoms with E-state index in [0.29, 0.717) is 5.91 Å². The lowest BCUT2D eigenvalue weighted by Crippen LogP contribution is -2.55. The SMILES string of the molecule is O=C([C@H]1CCCCN1)N1CCN(CC2CCOCC2)CC1. The smallest absolute Gasteiger partial charge is 0.239 e. The molecule has 1 atom stereocenters. The van der Waals surface area contributed by atoms with Gasteiger partial charge in [0.15, 0.2) is 0 Å². The topological polar surface area (TPSA) is 44.8 Å². The number of carbonyl (C=O) groups excluding carboxylic acids is 1. The van der Waals surface area contributed by atoms with Crippen LogP contribution in [0.25, 0.3) is 0 Å². The van der Waals surface area contributed by atoms with Crippen LogP contribution in [0.3, 0.4) is 0 Å². The zero-order chi connectivity index (χ0) is 14.5. The van der Waals surface area contributed by atoms with Crippen LogP contribution in [0.4, 0.5) is 0 Å². The van der Waals surface area contributed by atoms with Crippen LogP contribution in [-0.4, -0.2) is 74.2 Å². The van der Waals surface area contributed by atoms with E-state index < -0.39 is 0 Å². The van der Waals surface area contributed by atoms with Crippen molar-refractivity contribution in [1.82, 2.24) is 15.1 Å². The maximum absolute atomic E-state index is 12.5. The summed E-state index contributed by atoms with van der Waals surface area (Å²) >= 11 is 0. The van der Waals surface area contributed by atoms with Crippen LogP contribution >= 0.6 is 0 Å². The van der Waals surface area contributed by atoms with Crippen molar-refractivity contribution in [2.75, 3.05) is 52.5 Å². The molecule has 3 aliphatic heterocycles. The highest BCUT2D eigenvalue weighted by Gasteiger charge is 2.29. The molecule has 0 unspecified atom stereocenters. The van der Waals surface area contributed by atoms with E-state index in [-0.39, 0.29) is 6.04 Å². The average molecular weight is 295 g/mol. The fourth-order valence-electron chi connectivity index (χ4n) is 3.73. The Morgan fingerprint density at radius 3 is 2.48 bits per heavy atom. The number of hydrogen-bond acceptors (Lipinski definition) is 4. The Kier molecular flexibility index (Phi) is 5.49. The fraction of sp³-hybridized carbons (Fsp3) is 0.938. The molecule has 5 heteroatoms. The molecule has 120 valence electrons. The van der Waals surface area contributed by atoms with Gasteiger partial charge in [0.25, 0.3) is 0 Å². The highest BCUT2D eigenvalue weighted by Crippen LogP contribution is 2.18. The summed E-state index contributed by atoms with van der Waals surface area (Å²) in [6.07, 6.45) is 5.81. The first-order valence-corrected chi connectivity index (χ1v) is 8.65.